The summed E-state index contributed by atoms with van der Waals surface area (Å²) in [6.07, 6.45) is 7.45. The molecule has 1 rings (SSSR count). The second kappa shape index (κ2) is 9.84. The number of aromatic nitrogens is 1. The van der Waals surface area contributed by atoms with Crippen molar-refractivity contribution in [3.63, 3.8) is 0 Å². The number of hydrogen-bond acceptors (Lipinski definition) is 6. The minimum absolute atomic E-state index is 0.495. The van der Waals surface area contributed by atoms with Gasteiger partial charge in [0.1, 0.15) is 5.82 Å². The Hall–Kier alpha value is -2.08. The molecule has 1 aromatic rings. The average molecular weight is 334 g/mol. The summed E-state index contributed by atoms with van der Waals surface area (Å²) in [5.74, 6) is 1.75. The summed E-state index contributed by atoms with van der Waals surface area (Å²) in [5, 5.41) is 3.17. The van der Waals surface area contributed by atoms with E-state index in [0.717, 1.165) is 22.8 Å². The maximum Gasteiger partial charge on any atom is 0.123 e. The Morgan fingerprint density at radius 2 is 2.13 bits per heavy atom. The van der Waals surface area contributed by atoms with Crippen LogP contribution in [0.5, 0.6) is 0 Å². The molecule has 0 saturated heterocycles. The van der Waals surface area contributed by atoms with Crippen LogP contribution < -0.4 is 22.5 Å². The highest BCUT2D eigenvalue weighted by Gasteiger charge is 2.00. The van der Waals surface area contributed by atoms with Crippen molar-refractivity contribution in [3.05, 3.63) is 53.5 Å². The van der Waals surface area contributed by atoms with Crippen molar-refractivity contribution in [1.82, 2.24) is 10.3 Å². The zero-order valence-electron chi connectivity index (χ0n) is 13.9. The van der Waals surface area contributed by atoms with Gasteiger partial charge in [0, 0.05) is 34.3 Å². The van der Waals surface area contributed by atoms with Crippen LogP contribution in [0.15, 0.2) is 58.4 Å². The minimum Gasteiger partial charge on any atom is -0.399 e. The van der Waals surface area contributed by atoms with Crippen LogP contribution >= 0.6 is 11.8 Å². The third-order valence-corrected chi connectivity index (χ3v) is 4.18. The van der Waals surface area contributed by atoms with Gasteiger partial charge < -0.3 is 22.5 Å². The lowest BCUT2D eigenvalue weighted by Crippen LogP contribution is -2.23. The zero-order valence-corrected chi connectivity index (χ0v) is 14.7. The molecule has 0 aliphatic heterocycles. The number of nitrogens with zero attached hydrogens (tertiary/aromatic N) is 1. The van der Waals surface area contributed by atoms with Gasteiger partial charge in [-0.1, -0.05) is 38.6 Å². The Labute approximate surface area is 143 Å². The molecule has 126 valence electrons. The van der Waals surface area contributed by atoms with Crippen LogP contribution in [-0.4, -0.2) is 11.5 Å². The molecule has 0 bridgehead atoms. The number of anilines is 1. The second-order valence-electron chi connectivity index (χ2n) is 5.46. The highest BCUT2D eigenvalue weighted by Crippen LogP contribution is 2.26. The lowest BCUT2D eigenvalue weighted by molar-refractivity contribution is 0.503. The van der Waals surface area contributed by atoms with E-state index in [2.05, 4.69) is 30.7 Å². The van der Waals surface area contributed by atoms with Gasteiger partial charge in [-0.2, -0.15) is 0 Å². The molecule has 0 saturated carbocycles. The fourth-order valence-corrected chi connectivity index (χ4v) is 2.50. The average Bonchev–Trinajstić information content (AvgIpc) is 2.49. The van der Waals surface area contributed by atoms with E-state index in [-0.39, 0.29) is 0 Å². The summed E-state index contributed by atoms with van der Waals surface area (Å²) < 4.78 is 0. The van der Waals surface area contributed by atoms with E-state index < -0.39 is 0 Å². The number of nitrogens with two attached hydrogens (primary N) is 3. The number of nitrogens with one attached hydrogen (secondary N) is 1. The predicted molar refractivity (Wildman–Crippen MR) is 100 cm³/mol. The highest BCUT2D eigenvalue weighted by atomic mass is 32.2. The molecule has 1 atom stereocenters. The molecule has 5 nitrogen and oxygen atoms in total. The maximum atomic E-state index is 5.97. The molecule has 6 heteroatoms. The lowest BCUT2D eigenvalue weighted by Gasteiger charge is -2.10. The van der Waals surface area contributed by atoms with Crippen LogP contribution in [0.3, 0.4) is 0 Å². The Balaban J connectivity index is 2.49. The van der Waals surface area contributed by atoms with E-state index in [1.807, 2.05) is 6.07 Å². The molecule has 0 spiro atoms. The third kappa shape index (κ3) is 8.21. The molecule has 0 amide bonds. The number of pyridine rings is 1. The van der Waals surface area contributed by atoms with Crippen LogP contribution in [0.25, 0.3) is 0 Å². The molecule has 1 heterocycles. The molecular formula is C17H27N5S. The number of hydrogen-bond donors (Lipinski definition) is 4. The maximum absolute atomic E-state index is 5.97. The molecule has 0 fully saturated rings. The summed E-state index contributed by atoms with van der Waals surface area (Å²) >= 11 is 1.47. The highest BCUT2D eigenvalue weighted by molar-refractivity contribution is 8.03. The molecule has 1 unspecified atom stereocenters. The van der Waals surface area contributed by atoms with E-state index in [1.54, 1.807) is 24.4 Å². The second-order valence-corrected chi connectivity index (χ2v) is 6.66. The van der Waals surface area contributed by atoms with E-state index in [1.165, 1.54) is 18.2 Å². The number of nitrogen functional groups attached to an aromatic ring is 1. The topological polar surface area (TPSA) is 103 Å². The molecule has 1 aromatic heterocycles. The summed E-state index contributed by atoms with van der Waals surface area (Å²) in [4.78, 5) is 5.80. The van der Waals surface area contributed by atoms with Crippen LogP contribution in [0.2, 0.25) is 0 Å². The largest absolute Gasteiger partial charge is 0.399 e. The first-order valence-electron chi connectivity index (χ1n) is 7.67. The van der Waals surface area contributed by atoms with Crippen molar-refractivity contribution in [3.8, 4) is 0 Å². The Kier molecular flexibility index (Phi) is 8.11. The fourth-order valence-electron chi connectivity index (χ4n) is 1.76. The smallest absolute Gasteiger partial charge is 0.123 e. The van der Waals surface area contributed by atoms with E-state index in [9.17, 15) is 0 Å². The molecule has 7 N–H and O–H groups in total. The molecule has 23 heavy (non-hydrogen) atoms. The van der Waals surface area contributed by atoms with Crippen molar-refractivity contribution in [1.29, 1.82) is 0 Å². The Morgan fingerprint density at radius 3 is 2.74 bits per heavy atom. The van der Waals surface area contributed by atoms with Crippen LogP contribution in [-0.2, 0) is 0 Å². The molecule has 0 aliphatic rings. The first-order chi connectivity index (χ1) is 10.9. The molecular weight excluding hydrogens is 306 g/mol. The van der Waals surface area contributed by atoms with E-state index in [0.29, 0.717) is 23.3 Å². The van der Waals surface area contributed by atoms with Gasteiger partial charge in [0.25, 0.3) is 0 Å². The van der Waals surface area contributed by atoms with Crippen LogP contribution in [0, 0.1) is 5.92 Å². The fraction of sp³-hybridized carbons (Fsp3) is 0.353. The third-order valence-electron chi connectivity index (χ3n) is 3.32. The number of rotatable bonds is 9. The molecule has 0 radical (unpaired) electrons. The number of allylic oxidation sites excluding steroid dienone is 2. The first kappa shape index (κ1) is 19.0. The summed E-state index contributed by atoms with van der Waals surface area (Å²) in [5.41, 5.74) is 18.0. The van der Waals surface area contributed by atoms with Gasteiger partial charge in [0.2, 0.25) is 0 Å². The first-order valence-corrected chi connectivity index (χ1v) is 8.48. The Morgan fingerprint density at radius 1 is 1.39 bits per heavy atom. The van der Waals surface area contributed by atoms with Crippen LogP contribution in [0.1, 0.15) is 26.7 Å². The summed E-state index contributed by atoms with van der Waals surface area (Å²) in [6, 6.07) is 3.64. The van der Waals surface area contributed by atoms with E-state index >= 15 is 0 Å². The standard InChI is InChI=1S/C17H27N5S/c1-4-12(2)7-8-21-17(20)10-14(18)9-13(3)23-15-5-6-16(19)22-11-15/h5-6,9-12,21H,3-4,7-8,18,20H2,1-2H3,(H2,19,22)/b14-9+,17-10+. The van der Waals surface area contributed by atoms with Crippen molar-refractivity contribution >= 4 is 17.6 Å². The van der Waals surface area contributed by atoms with Crippen molar-refractivity contribution in [2.24, 2.45) is 17.4 Å². The normalized spacial score (nSPS) is 13.7. The van der Waals surface area contributed by atoms with Gasteiger partial charge in [-0.15, -0.1) is 0 Å². The lowest BCUT2D eigenvalue weighted by atomic mass is 10.1. The molecule has 0 aliphatic carbocycles. The van der Waals surface area contributed by atoms with Crippen molar-refractivity contribution < 1.29 is 0 Å². The minimum atomic E-state index is 0.495. The molecule has 0 aromatic carbocycles. The monoisotopic (exact) mass is 333 g/mol. The van der Waals surface area contributed by atoms with Crippen LogP contribution in [0.4, 0.5) is 5.82 Å². The summed E-state index contributed by atoms with van der Waals surface area (Å²) in [7, 11) is 0. The van der Waals surface area contributed by atoms with Gasteiger partial charge in [0.05, 0.1) is 5.82 Å². The SMILES string of the molecule is C=C(/C=C(N)\C=C(/N)NCCC(C)CC)Sc1ccc(N)nc1. The zero-order chi connectivity index (χ0) is 17.2. The van der Waals surface area contributed by atoms with Gasteiger partial charge in [0.15, 0.2) is 0 Å². The predicted octanol–water partition coefficient (Wildman–Crippen LogP) is 2.94. The van der Waals surface area contributed by atoms with Gasteiger partial charge in [-0.3, -0.25) is 0 Å². The summed E-state index contributed by atoms with van der Waals surface area (Å²) in [6.45, 7) is 9.23. The van der Waals surface area contributed by atoms with Crippen molar-refractivity contribution in [2.45, 2.75) is 31.6 Å². The van der Waals surface area contributed by atoms with E-state index in [4.69, 9.17) is 17.2 Å². The van der Waals surface area contributed by atoms with Gasteiger partial charge in [-0.05, 0) is 30.5 Å². The van der Waals surface area contributed by atoms with Gasteiger partial charge in [-0.25, -0.2) is 4.98 Å². The van der Waals surface area contributed by atoms with Gasteiger partial charge >= 0.3 is 0 Å². The number of thioether (sulfide) groups is 1. The quantitative estimate of drug-likeness (QED) is 0.409. The Bertz CT molecular complexity index is 563. The van der Waals surface area contributed by atoms with Crippen molar-refractivity contribution in [2.75, 3.05) is 12.3 Å².